The van der Waals surface area contributed by atoms with Crippen LogP contribution in [0.25, 0.3) is 5.57 Å². The number of aliphatic carboxylic acids is 1. The smallest absolute Gasteiger partial charge is 0.342 e. The third-order valence-electron chi connectivity index (χ3n) is 6.41. The molecule has 0 saturated carbocycles. The number of hydrogen-bond donors (Lipinski definition) is 2. The van der Waals surface area contributed by atoms with Crippen LogP contribution in [0.3, 0.4) is 0 Å². The van der Waals surface area contributed by atoms with Crippen molar-refractivity contribution in [1.29, 1.82) is 0 Å². The Bertz CT molecular complexity index is 1300. The molecule has 1 rings (SSSR count). The fourth-order valence-corrected chi connectivity index (χ4v) is 5.17. The highest BCUT2D eigenvalue weighted by atomic mass is 32.2. The number of thioether (sulfide) groups is 1. The maximum atomic E-state index is 15.5. The Hall–Kier alpha value is -3.18. The Kier molecular flexibility index (Phi) is 15.4. The van der Waals surface area contributed by atoms with Crippen molar-refractivity contribution in [2.75, 3.05) is 20.1 Å². The number of carbonyl (C=O) groups is 1. The first kappa shape index (κ1) is 35.8. The van der Waals surface area contributed by atoms with E-state index in [4.69, 9.17) is 0 Å². The second-order valence-corrected chi connectivity index (χ2v) is 11.8. The van der Waals surface area contributed by atoms with E-state index in [-0.39, 0.29) is 16.6 Å². The molecule has 1 atom stereocenters. The van der Waals surface area contributed by atoms with Crippen LogP contribution in [0.15, 0.2) is 98.5 Å². The van der Waals surface area contributed by atoms with Crippen molar-refractivity contribution in [3.63, 3.8) is 0 Å². The molecule has 0 spiro atoms. The molecular weight excluding hydrogens is 531 g/mol. The lowest BCUT2D eigenvalue weighted by Gasteiger charge is -2.23. The van der Waals surface area contributed by atoms with Gasteiger partial charge >= 0.3 is 5.97 Å². The molecule has 1 aromatic carbocycles. The number of hydrogen-bond acceptors (Lipinski definition) is 4. The van der Waals surface area contributed by atoms with Gasteiger partial charge in [-0.2, -0.15) is 0 Å². The molecule has 0 aliphatic rings. The van der Waals surface area contributed by atoms with Crippen LogP contribution in [0.1, 0.15) is 66.9 Å². The van der Waals surface area contributed by atoms with Gasteiger partial charge in [-0.1, -0.05) is 87.7 Å². The van der Waals surface area contributed by atoms with Crippen LogP contribution >= 0.6 is 11.8 Å². The molecule has 222 valence electrons. The number of rotatable bonds is 16. The van der Waals surface area contributed by atoms with Crippen molar-refractivity contribution in [3.8, 4) is 0 Å². The molecule has 2 N–H and O–H groups in total. The summed E-state index contributed by atoms with van der Waals surface area (Å²) in [6.45, 7) is 28.0. The molecule has 4 nitrogen and oxygen atoms in total. The lowest BCUT2D eigenvalue weighted by Crippen LogP contribution is -2.20. The summed E-state index contributed by atoms with van der Waals surface area (Å²) in [5.74, 6) is -1.14. The number of nitrogens with one attached hydrogen (secondary N) is 1. The van der Waals surface area contributed by atoms with Gasteiger partial charge in [-0.05, 0) is 82.3 Å². The van der Waals surface area contributed by atoms with Crippen LogP contribution in [0.2, 0.25) is 0 Å². The van der Waals surface area contributed by atoms with Crippen LogP contribution in [-0.2, 0) is 4.79 Å². The lowest BCUT2D eigenvalue weighted by atomic mass is 9.83. The standard InChI is InChI=1S/C35H47FN2O2S/c1-12-31(41-34(24(6)7)35(39)40)26(9)20-29(28-17-13-14-18-30(28)36)33(27(10)37-11)32(23(4)5)25(8)16-15-19-38-21-22(2)3/h13-14,17-18,20,22,26,38H,1,4,8,15-16,19,21H2,2-3,5-7,9-11H3,(H,39,40)/b29-20-,33-32-,37-27?. The molecule has 0 radical (unpaired) electrons. The molecule has 1 aromatic rings. The number of halogens is 1. The predicted octanol–water partition coefficient (Wildman–Crippen LogP) is 9.17. The van der Waals surface area contributed by atoms with E-state index in [0.29, 0.717) is 27.5 Å². The molecular formula is C35H47FN2O2S. The molecule has 0 saturated heterocycles. The number of allylic oxidation sites excluding steroid dienone is 8. The molecule has 0 bridgehead atoms. The Morgan fingerprint density at radius 1 is 1.15 bits per heavy atom. The van der Waals surface area contributed by atoms with Gasteiger partial charge in [0.05, 0.1) is 4.91 Å². The van der Waals surface area contributed by atoms with Crippen molar-refractivity contribution < 1.29 is 14.3 Å². The molecule has 6 heteroatoms. The van der Waals surface area contributed by atoms with Gasteiger partial charge in [0.1, 0.15) is 5.82 Å². The van der Waals surface area contributed by atoms with Gasteiger partial charge in [-0.3, -0.25) is 4.99 Å². The summed E-state index contributed by atoms with van der Waals surface area (Å²) < 4.78 is 15.5. The van der Waals surface area contributed by atoms with Crippen LogP contribution in [0.5, 0.6) is 0 Å². The zero-order valence-electron chi connectivity index (χ0n) is 26.1. The van der Waals surface area contributed by atoms with Gasteiger partial charge in [0, 0.05) is 34.7 Å². The summed E-state index contributed by atoms with van der Waals surface area (Å²) in [4.78, 5) is 17.2. The van der Waals surface area contributed by atoms with Crippen LogP contribution < -0.4 is 5.32 Å². The monoisotopic (exact) mass is 578 g/mol. The largest absolute Gasteiger partial charge is 0.477 e. The minimum atomic E-state index is -1.01. The summed E-state index contributed by atoms with van der Waals surface area (Å²) in [6.07, 6.45) is 3.58. The third-order valence-corrected chi connectivity index (χ3v) is 7.93. The number of benzene rings is 1. The van der Waals surface area contributed by atoms with E-state index in [1.54, 1.807) is 39.1 Å². The van der Waals surface area contributed by atoms with E-state index in [2.05, 4.69) is 49.6 Å². The highest BCUT2D eigenvalue weighted by Crippen LogP contribution is 2.39. The average molecular weight is 579 g/mol. The minimum absolute atomic E-state index is 0.216. The first-order valence-corrected chi connectivity index (χ1v) is 14.8. The number of aliphatic imine (C=N–C) groups is 1. The van der Waals surface area contributed by atoms with E-state index in [0.717, 1.165) is 65.7 Å². The summed E-state index contributed by atoms with van der Waals surface area (Å²) in [5, 5.41) is 13.2. The molecule has 0 amide bonds. The maximum Gasteiger partial charge on any atom is 0.342 e. The highest BCUT2D eigenvalue weighted by Gasteiger charge is 2.23. The van der Waals surface area contributed by atoms with Gasteiger partial charge in [0.2, 0.25) is 0 Å². The molecule has 41 heavy (non-hydrogen) atoms. The Morgan fingerprint density at radius 3 is 2.27 bits per heavy atom. The SMILES string of the molecule is C=C=C(SC(C(=O)O)=C(C)C)C(C)/C=C(\C(C(C)=NC)=C(\C(=C)C)C(=C)CCCNCC(C)C)c1ccccc1F. The van der Waals surface area contributed by atoms with Crippen molar-refractivity contribution >= 4 is 29.0 Å². The normalized spacial score (nSPS) is 13.3. The zero-order valence-corrected chi connectivity index (χ0v) is 26.9. The fraction of sp³-hybridized carbons (Fsp3) is 0.400. The van der Waals surface area contributed by atoms with Crippen LogP contribution in [0, 0.1) is 17.7 Å². The molecule has 0 aliphatic carbocycles. The average Bonchev–Trinajstić information content (AvgIpc) is 2.89. The molecule has 0 heterocycles. The lowest BCUT2D eigenvalue weighted by molar-refractivity contribution is -0.131. The van der Waals surface area contributed by atoms with E-state index < -0.39 is 5.97 Å². The van der Waals surface area contributed by atoms with Gasteiger partial charge in [0.15, 0.2) is 0 Å². The molecule has 0 aliphatic heterocycles. The Morgan fingerprint density at radius 2 is 1.78 bits per heavy atom. The zero-order chi connectivity index (χ0) is 31.3. The van der Waals surface area contributed by atoms with Crippen molar-refractivity contribution in [2.45, 2.75) is 61.3 Å². The van der Waals surface area contributed by atoms with Gasteiger partial charge in [0.25, 0.3) is 0 Å². The van der Waals surface area contributed by atoms with E-state index >= 15 is 4.39 Å². The first-order chi connectivity index (χ1) is 19.3. The quantitative estimate of drug-likeness (QED) is 0.0675. The van der Waals surface area contributed by atoms with Crippen LogP contribution in [-0.4, -0.2) is 36.9 Å². The second-order valence-electron chi connectivity index (χ2n) is 10.8. The number of carboxylic acids is 1. The predicted molar refractivity (Wildman–Crippen MR) is 177 cm³/mol. The van der Waals surface area contributed by atoms with E-state index in [1.807, 2.05) is 26.8 Å². The van der Waals surface area contributed by atoms with Crippen LogP contribution in [0.4, 0.5) is 4.39 Å². The number of nitrogens with zero attached hydrogens (tertiary/aromatic N) is 1. The Labute approximate surface area is 251 Å². The van der Waals surface area contributed by atoms with E-state index in [9.17, 15) is 9.90 Å². The molecule has 0 fully saturated rings. The van der Waals surface area contributed by atoms with Gasteiger partial charge < -0.3 is 10.4 Å². The summed E-state index contributed by atoms with van der Waals surface area (Å²) >= 11 is 1.12. The van der Waals surface area contributed by atoms with Gasteiger partial charge in [-0.15, -0.1) is 5.73 Å². The number of carboxylic acid groups (broad SMARTS) is 1. The third kappa shape index (κ3) is 11.0. The van der Waals surface area contributed by atoms with E-state index in [1.165, 1.54) is 6.07 Å². The second kappa shape index (κ2) is 17.6. The molecule has 1 unspecified atom stereocenters. The molecule has 0 aromatic heterocycles. The van der Waals surface area contributed by atoms with Gasteiger partial charge in [-0.25, -0.2) is 9.18 Å². The highest BCUT2D eigenvalue weighted by molar-refractivity contribution is 8.07. The summed E-state index contributed by atoms with van der Waals surface area (Å²) in [6, 6.07) is 6.64. The summed E-state index contributed by atoms with van der Waals surface area (Å²) in [7, 11) is 1.71. The van der Waals surface area contributed by atoms with Crippen molar-refractivity contribution in [1.82, 2.24) is 5.32 Å². The minimum Gasteiger partial charge on any atom is -0.477 e. The topological polar surface area (TPSA) is 61.7 Å². The van der Waals surface area contributed by atoms with Crippen molar-refractivity contribution in [3.05, 3.63) is 105 Å². The maximum absolute atomic E-state index is 15.5. The summed E-state index contributed by atoms with van der Waals surface area (Å²) in [5.41, 5.74) is 8.70. The fourth-order valence-electron chi connectivity index (χ4n) is 4.33. The Balaban J connectivity index is 3.86. The van der Waals surface area contributed by atoms with Crippen molar-refractivity contribution in [2.24, 2.45) is 16.8 Å². The first-order valence-electron chi connectivity index (χ1n) is 13.9.